The van der Waals surface area contributed by atoms with Crippen LogP contribution in [0.5, 0.6) is 0 Å². The fraction of sp³-hybridized carbons (Fsp3) is 0.741. The second-order valence-corrected chi connectivity index (χ2v) is 12.5. The molecule has 196 valence electrons. The van der Waals surface area contributed by atoms with Crippen LogP contribution in [-0.4, -0.2) is 56.8 Å². The molecule has 0 saturated carbocycles. The maximum Gasteiger partial charge on any atom is 0.223 e. The summed E-state index contributed by atoms with van der Waals surface area (Å²) in [5.41, 5.74) is 0.410. The summed E-state index contributed by atoms with van der Waals surface area (Å²) in [5, 5.41) is 27.8. The van der Waals surface area contributed by atoms with Gasteiger partial charge in [-0.25, -0.2) is 4.98 Å². The van der Waals surface area contributed by atoms with E-state index in [9.17, 15) is 19.8 Å². The molecule has 3 N–H and O–H groups in total. The van der Waals surface area contributed by atoms with Crippen LogP contribution in [0.1, 0.15) is 84.3 Å². The summed E-state index contributed by atoms with van der Waals surface area (Å²) >= 11 is 1.58. The van der Waals surface area contributed by atoms with Crippen LogP contribution in [0.3, 0.4) is 0 Å². The van der Waals surface area contributed by atoms with Gasteiger partial charge in [0.2, 0.25) is 5.91 Å². The summed E-state index contributed by atoms with van der Waals surface area (Å²) in [6.07, 6.45) is 2.99. The van der Waals surface area contributed by atoms with E-state index in [4.69, 9.17) is 4.74 Å². The second kappa shape index (κ2) is 10.8. The predicted octanol–water partition coefficient (Wildman–Crippen LogP) is 4.05. The Hall–Kier alpha value is -1.61. The minimum absolute atomic E-state index is 0.0170. The van der Waals surface area contributed by atoms with E-state index in [0.29, 0.717) is 6.42 Å². The third kappa shape index (κ3) is 6.59. The number of aryl methyl sites for hydroxylation is 1. The molecule has 3 rings (SSSR count). The Kier molecular flexibility index (Phi) is 8.62. The molecule has 1 unspecified atom stereocenters. The number of amides is 1. The average Bonchev–Trinajstić information content (AvgIpc) is 3.22. The van der Waals surface area contributed by atoms with E-state index in [1.165, 1.54) is 0 Å². The summed E-state index contributed by atoms with van der Waals surface area (Å²) in [6, 6.07) is -0.269. The molecule has 1 amide bonds. The fourth-order valence-electron chi connectivity index (χ4n) is 5.19. The quantitative estimate of drug-likeness (QED) is 0.522. The number of ether oxygens (including phenoxy) is 1. The van der Waals surface area contributed by atoms with Gasteiger partial charge in [-0.15, -0.1) is 11.3 Å². The van der Waals surface area contributed by atoms with Crippen molar-refractivity contribution in [2.45, 2.75) is 111 Å². The Morgan fingerprint density at radius 3 is 2.57 bits per heavy atom. The van der Waals surface area contributed by atoms with Gasteiger partial charge in [-0.05, 0) is 51.2 Å². The van der Waals surface area contributed by atoms with Crippen molar-refractivity contribution in [1.29, 1.82) is 0 Å². The third-order valence-corrected chi connectivity index (χ3v) is 8.86. The molecular weight excluding hydrogens is 464 g/mol. The lowest BCUT2D eigenvalue weighted by atomic mass is 9.72. The Bertz CT molecular complexity index is 957. The van der Waals surface area contributed by atoms with Crippen LogP contribution in [-0.2, 0) is 14.3 Å². The number of carbonyl (C=O) groups excluding carboxylic acids is 2. The first-order valence-corrected chi connectivity index (χ1v) is 13.6. The zero-order chi connectivity index (χ0) is 26.1. The highest BCUT2D eigenvalue weighted by atomic mass is 32.1. The Morgan fingerprint density at radius 2 is 1.94 bits per heavy atom. The van der Waals surface area contributed by atoms with Gasteiger partial charge < -0.3 is 20.3 Å². The normalized spacial score (nSPS) is 37.5. The van der Waals surface area contributed by atoms with Crippen molar-refractivity contribution in [2.75, 3.05) is 0 Å². The molecule has 1 aromatic heterocycles. The molecule has 2 aliphatic heterocycles. The molecule has 35 heavy (non-hydrogen) atoms. The number of epoxide rings is 1. The summed E-state index contributed by atoms with van der Waals surface area (Å²) in [5.74, 6) is -1.24. The van der Waals surface area contributed by atoms with E-state index < -0.39 is 23.5 Å². The number of fused-ring (bicyclic) bond motifs is 1. The molecule has 2 saturated heterocycles. The van der Waals surface area contributed by atoms with Gasteiger partial charge in [-0.1, -0.05) is 34.1 Å². The number of nitrogens with zero attached hydrogens (tertiary/aromatic N) is 1. The molecule has 2 aliphatic rings. The van der Waals surface area contributed by atoms with E-state index in [-0.39, 0.29) is 41.8 Å². The van der Waals surface area contributed by atoms with Crippen molar-refractivity contribution >= 4 is 29.1 Å². The van der Waals surface area contributed by atoms with Gasteiger partial charge in [0.05, 0.1) is 52.5 Å². The van der Waals surface area contributed by atoms with Crippen molar-refractivity contribution < 1.29 is 24.5 Å². The van der Waals surface area contributed by atoms with E-state index in [1.807, 2.05) is 32.2 Å². The molecule has 0 bridgehead atoms. The number of nitrogens with one attached hydrogen (secondary N) is 1. The number of hydrogen-bond donors (Lipinski definition) is 3. The van der Waals surface area contributed by atoms with Gasteiger partial charge in [0.1, 0.15) is 5.78 Å². The van der Waals surface area contributed by atoms with E-state index in [2.05, 4.69) is 17.2 Å². The smallest absolute Gasteiger partial charge is 0.223 e. The van der Waals surface area contributed by atoms with Gasteiger partial charge in [-0.3, -0.25) is 9.59 Å². The molecule has 0 spiro atoms. The molecule has 3 heterocycles. The van der Waals surface area contributed by atoms with Crippen molar-refractivity contribution in [3.63, 3.8) is 0 Å². The van der Waals surface area contributed by atoms with Crippen LogP contribution in [0, 0.1) is 24.2 Å². The second-order valence-electron chi connectivity index (χ2n) is 11.4. The maximum absolute atomic E-state index is 13.2. The lowest BCUT2D eigenvalue weighted by Gasteiger charge is -2.34. The van der Waals surface area contributed by atoms with Crippen LogP contribution >= 0.6 is 11.3 Å². The molecular formula is C27H42N2O5S. The summed E-state index contributed by atoms with van der Waals surface area (Å²) < 4.78 is 6.10. The van der Waals surface area contributed by atoms with Gasteiger partial charge in [0.15, 0.2) is 0 Å². The molecule has 1 aromatic rings. The van der Waals surface area contributed by atoms with Gasteiger partial charge in [0.25, 0.3) is 0 Å². The standard InChI is InChI=1S/C27H42N2O5S/c1-15-9-8-10-27(7)22(34-27)12-20(16(2)11-19-14-35-18(4)28-19)29-23(31)13-21(30)26(5,6)25(33)17(3)24(15)32/h11,14-15,17,20-22,24,30,32H,8-10,12-13H2,1-7H3,(H,29,31)/t15-,17+,20?,21-,22-,24-,27+/m0/s1. The average molecular weight is 507 g/mol. The molecule has 0 aromatic carbocycles. The first kappa shape index (κ1) is 28.0. The predicted molar refractivity (Wildman–Crippen MR) is 138 cm³/mol. The highest BCUT2D eigenvalue weighted by molar-refractivity contribution is 7.09. The van der Waals surface area contributed by atoms with Crippen LogP contribution in [0.25, 0.3) is 6.08 Å². The number of aliphatic hydroxyl groups excluding tert-OH is 2. The Balaban J connectivity index is 1.85. The first-order valence-electron chi connectivity index (χ1n) is 12.7. The highest BCUT2D eigenvalue weighted by Gasteiger charge is 2.52. The Labute approximate surface area is 213 Å². The van der Waals surface area contributed by atoms with Crippen LogP contribution < -0.4 is 5.32 Å². The largest absolute Gasteiger partial charge is 0.392 e. The minimum Gasteiger partial charge on any atom is -0.392 e. The molecule has 2 fully saturated rings. The number of thiazole rings is 1. The van der Waals surface area contributed by atoms with Gasteiger partial charge in [0, 0.05) is 17.7 Å². The SMILES string of the molecule is CC(=Cc1csc(C)n1)C1C[C@@H]2O[C@]2(C)CCC[C@H](C)[C@H](O)[C@@H](C)C(=O)C(C)(C)[C@@H](O)CC(=O)N1. The number of hydrogen-bond acceptors (Lipinski definition) is 7. The zero-order valence-electron chi connectivity index (χ0n) is 22.1. The fourth-order valence-corrected chi connectivity index (χ4v) is 5.76. The highest BCUT2D eigenvalue weighted by Crippen LogP contribution is 2.44. The zero-order valence-corrected chi connectivity index (χ0v) is 22.9. The monoisotopic (exact) mass is 506 g/mol. The topological polar surface area (TPSA) is 112 Å². The lowest BCUT2D eigenvalue weighted by Crippen LogP contribution is -2.47. The number of carbonyl (C=O) groups is 2. The molecule has 0 aliphatic carbocycles. The molecule has 7 nitrogen and oxygen atoms in total. The molecule has 8 heteroatoms. The van der Waals surface area contributed by atoms with Crippen molar-refractivity contribution in [2.24, 2.45) is 17.3 Å². The van der Waals surface area contributed by atoms with Gasteiger partial charge in [-0.2, -0.15) is 0 Å². The number of aliphatic hydroxyl groups is 2. The third-order valence-electron chi connectivity index (χ3n) is 8.07. The maximum atomic E-state index is 13.2. The number of Topliss-reactive ketones (excluding diaryl/α,β-unsaturated/α-hetero) is 1. The van der Waals surface area contributed by atoms with Crippen molar-refractivity contribution in [3.05, 3.63) is 21.7 Å². The summed E-state index contributed by atoms with van der Waals surface area (Å²) in [4.78, 5) is 30.8. The van der Waals surface area contributed by atoms with Crippen LogP contribution in [0.15, 0.2) is 11.0 Å². The molecule has 0 radical (unpaired) electrons. The first-order chi connectivity index (χ1) is 16.2. The molecule has 7 atom stereocenters. The van der Waals surface area contributed by atoms with Crippen molar-refractivity contribution in [3.8, 4) is 0 Å². The van der Waals surface area contributed by atoms with E-state index in [0.717, 1.165) is 35.5 Å². The summed E-state index contributed by atoms with van der Waals surface area (Å²) in [6.45, 7) is 13.0. The number of aromatic nitrogens is 1. The number of rotatable bonds is 2. The summed E-state index contributed by atoms with van der Waals surface area (Å²) in [7, 11) is 0. The van der Waals surface area contributed by atoms with Crippen LogP contribution in [0.2, 0.25) is 0 Å². The number of ketones is 1. The van der Waals surface area contributed by atoms with Crippen molar-refractivity contribution in [1.82, 2.24) is 10.3 Å². The Morgan fingerprint density at radius 1 is 1.26 bits per heavy atom. The van der Waals surface area contributed by atoms with Crippen LogP contribution in [0.4, 0.5) is 0 Å². The van der Waals surface area contributed by atoms with E-state index >= 15 is 0 Å². The minimum atomic E-state index is -1.17. The van der Waals surface area contributed by atoms with Gasteiger partial charge >= 0.3 is 0 Å². The lowest BCUT2D eigenvalue weighted by molar-refractivity contribution is -0.143. The van der Waals surface area contributed by atoms with E-state index in [1.54, 1.807) is 32.1 Å².